The molecule has 34 heavy (non-hydrogen) atoms. The van der Waals surface area contributed by atoms with Gasteiger partial charge in [0.05, 0.1) is 12.0 Å². The Labute approximate surface area is 199 Å². The molecule has 0 radical (unpaired) electrons. The van der Waals surface area contributed by atoms with E-state index in [0.717, 1.165) is 22.3 Å². The van der Waals surface area contributed by atoms with E-state index in [-0.39, 0.29) is 24.5 Å². The van der Waals surface area contributed by atoms with Gasteiger partial charge in [0.2, 0.25) is 5.91 Å². The van der Waals surface area contributed by atoms with Gasteiger partial charge < -0.3 is 20.5 Å². The number of carboxylic acid groups (broad SMARTS) is 1. The fourth-order valence-electron chi connectivity index (χ4n) is 4.69. The summed E-state index contributed by atoms with van der Waals surface area (Å²) in [7, 11) is 0. The lowest BCUT2D eigenvalue weighted by molar-refractivity contribution is -0.145. The third-order valence-electron chi connectivity index (χ3n) is 6.47. The Balaban J connectivity index is 1.31. The molecule has 0 fully saturated rings. The molecule has 2 aliphatic carbocycles. The van der Waals surface area contributed by atoms with Crippen molar-refractivity contribution in [2.45, 2.75) is 45.2 Å². The molecule has 7 nitrogen and oxygen atoms in total. The van der Waals surface area contributed by atoms with Crippen molar-refractivity contribution in [2.24, 2.45) is 11.3 Å². The highest BCUT2D eigenvalue weighted by Gasteiger charge is 2.35. The summed E-state index contributed by atoms with van der Waals surface area (Å²) in [6.07, 6.45) is 3.26. The molecule has 3 unspecified atom stereocenters. The highest BCUT2D eigenvalue weighted by molar-refractivity contribution is 5.87. The Kier molecular flexibility index (Phi) is 6.46. The highest BCUT2D eigenvalue weighted by atomic mass is 16.5. The summed E-state index contributed by atoms with van der Waals surface area (Å²) in [6.45, 7) is 5.50. The van der Waals surface area contributed by atoms with Crippen LogP contribution in [0.5, 0.6) is 0 Å². The first-order valence-corrected chi connectivity index (χ1v) is 11.5. The molecule has 3 N–H and O–H groups in total. The summed E-state index contributed by atoms with van der Waals surface area (Å²) < 4.78 is 5.58. The van der Waals surface area contributed by atoms with Crippen molar-refractivity contribution < 1.29 is 24.2 Å². The maximum Gasteiger partial charge on any atom is 0.407 e. The largest absolute Gasteiger partial charge is 0.480 e. The van der Waals surface area contributed by atoms with E-state index in [1.165, 1.54) is 0 Å². The average Bonchev–Trinajstić information content (AvgIpc) is 3.37. The molecule has 2 aromatic carbocycles. The van der Waals surface area contributed by atoms with Crippen molar-refractivity contribution >= 4 is 18.0 Å². The number of ether oxygens (including phenoxy) is 1. The summed E-state index contributed by atoms with van der Waals surface area (Å²) >= 11 is 0. The lowest BCUT2D eigenvalue weighted by atomic mass is 9.86. The molecule has 0 saturated carbocycles. The molecular formula is C27H30N2O5. The molecule has 0 aromatic heterocycles. The summed E-state index contributed by atoms with van der Waals surface area (Å²) in [4.78, 5) is 36.6. The zero-order valence-electron chi connectivity index (χ0n) is 19.6. The minimum Gasteiger partial charge on any atom is -0.480 e. The SMILES string of the molecule is CC(C)(C)C(NC(=O)C1C=CC(NC(=O)OCC2c3ccccc3-c3ccccc32)C1)C(=O)O. The number of amides is 2. The molecule has 178 valence electrons. The molecule has 3 atom stereocenters. The van der Waals surface area contributed by atoms with Crippen molar-refractivity contribution in [2.75, 3.05) is 6.61 Å². The number of aliphatic carboxylic acids is 1. The van der Waals surface area contributed by atoms with E-state index < -0.39 is 29.4 Å². The quantitative estimate of drug-likeness (QED) is 0.561. The summed E-state index contributed by atoms with van der Waals surface area (Å²) in [6, 6.07) is 14.9. The van der Waals surface area contributed by atoms with E-state index in [9.17, 15) is 19.5 Å². The Bertz CT molecular complexity index is 1090. The van der Waals surface area contributed by atoms with E-state index in [1.807, 2.05) is 24.3 Å². The van der Waals surface area contributed by atoms with Crippen LogP contribution >= 0.6 is 0 Å². The van der Waals surface area contributed by atoms with Gasteiger partial charge in [-0.15, -0.1) is 0 Å². The van der Waals surface area contributed by atoms with Crippen LogP contribution in [-0.4, -0.2) is 41.8 Å². The number of carboxylic acids is 1. The van der Waals surface area contributed by atoms with Crippen LogP contribution in [0.4, 0.5) is 4.79 Å². The number of fused-ring (bicyclic) bond motifs is 3. The maximum atomic E-state index is 12.6. The second kappa shape index (κ2) is 9.33. The number of carbonyl (C=O) groups is 3. The van der Waals surface area contributed by atoms with Gasteiger partial charge in [-0.1, -0.05) is 81.5 Å². The smallest absolute Gasteiger partial charge is 0.407 e. The van der Waals surface area contributed by atoms with Crippen LogP contribution < -0.4 is 10.6 Å². The van der Waals surface area contributed by atoms with Crippen molar-refractivity contribution in [3.8, 4) is 11.1 Å². The molecule has 0 bridgehead atoms. The van der Waals surface area contributed by atoms with Crippen molar-refractivity contribution in [1.82, 2.24) is 10.6 Å². The second-order valence-electron chi connectivity index (χ2n) is 9.95. The standard InChI is InChI=1S/C27H30N2O5/c1-27(2,3)23(25(31)32)29-24(30)16-12-13-17(14-16)28-26(33)34-15-22-20-10-6-4-8-18(20)19-9-5-7-11-21(19)22/h4-13,16-17,22-23H,14-15H2,1-3H3,(H,28,33)(H,29,30)(H,31,32). The van der Waals surface area contributed by atoms with E-state index in [0.29, 0.717) is 6.42 Å². The average molecular weight is 463 g/mol. The molecule has 4 rings (SSSR count). The molecule has 2 amide bonds. The van der Waals surface area contributed by atoms with Crippen LogP contribution in [0.25, 0.3) is 11.1 Å². The first-order valence-electron chi connectivity index (χ1n) is 11.5. The number of hydrogen-bond donors (Lipinski definition) is 3. The van der Waals surface area contributed by atoms with E-state index in [2.05, 4.69) is 34.9 Å². The number of hydrogen-bond acceptors (Lipinski definition) is 4. The Morgan fingerprint density at radius 3 is 2.15 bits per heavy atom. The predicted molar refractivity (Wildman–Crippen MR) is 128 cm³/mol. The first-order chi connectivity index (χ1) is 16.1. The number of rotatable bonds is 6. The topological polar surface area (TPSA) is 105 Å². The van der Waals surface area contributed by atoms with Gasteiger partial charge in [-0.3, -0.25) is 4.79 Å². The van der Waals surface area contributed by atoms with Crippen LogP contribution in [0.15, 0.2) is 60.7 Å². The van der Waals surface area contributed by atoms with Gasteiger partial charge in [0.25, 0.3) is 0 Å². The third kappa shape index (κ3) is 4.83. The van der Waals surface area contributed by atoms with Gasteiger partial charge in [-0.25, -0.2) is 9.59 Å². The molecule has 7 heteroatoms. The van der Waals surface area contributed by atoms with Crippen molar-refractivity contribution in [3.05, 3.63) is 71.8 Å². The molecule has 0 saturated heterocycles. The Hall–Kier alpha value is -3.61. The molecule has 0 heterocycles. The van der Waals surface area contributed by atoms with Crippen LogP contribution in [0, 0.1) is 11.3 Å². The van der Waals surface area contributed by atoms with Gasteiger partial charge in [-0.05, 0) is 34.1 Å². The number of benzene rings is 2. The third-order valence-corrected chi connectivity index (χ3v) is 6.47. The molecule has 2 aromatic rings. The first kappa shape index (κ1) is 23.5. The van der Waals surface area contributed by atoms with Crippen molar-refractivity contribution in [3.63, 3.8) is 0 Å². The van der Waals surface area contributed by atoms with Gasteiger partial charge in [0.15, 0.2) is 0 Å². The molecular weight excluding hydrogens is 432 g/mol. The van der Waals surface area contributed by atoms with Crippen LogP contribution in [0.2, 0.25) is 0 Å². The summed E-state index contributed by atoms with van der Waals surface area (Å²) in [5, 5.41) is 14.9. The van der Waals surface area contributed by atoms with E-state index in [4.69, 9.17) is 4.74 Å². The monoisotopic (exact) mass is 462 g/mol. The second-order valence-corrected chi connectivity index (χ2v) is 9.95. The van der Waals surface area contributed by atoms with Crippen LogP contribution in [0.3, 0.4) is 0 Å². The van der Waals surface area contributed by atoms with E-state index in [1.54, 1.807) is 32.9 Å². The molecule has 2 aliphatic rings. The fraction of sp³-hybridized carbons (Fsp3) is 0.370. The Morgan fingerprint density at radius 2 is 1.59 bits per heavy atom. The molecule has 0 spiro atoms. The molecule has 0 aliphatic heterocycles. The zero-order chi connectivity index (χ0) is 24.5. The maximum absolute atomic E-state index is 12.6. The number of alkyl carbamates (subject to hydrolysis) is 1. The van der Waals surface area contributed by atoms with Gasteiger partial charge in [0.1, 0.15) is 12.6 Å². The van der Waals surface area contributed by atoms with Gasteiger partial charge in [0, 0.05) is 5.92 Å². The minimum absolute atomic E-state index is 0.0267. The van der Waals surface area contributed by atoms with Gasteiger partial charge >= 0.3 is 12.1 Å². The van der Waals surface area contributed by atoms with Crippen LogP contribution in [-0.2, 0) is 14.3 Å². The number of carbonyl (C=O) groups excluding carboxylic acids is 2. The van der Waals surface area contributed by atoms with E-state index >= 15 is 0 Å². The highest BCUT2D eigenvalue weighted by Crippen LogP contribution is 2.44. The summed E-state index contributed by atoms with van der Waals surface area (Å²) in [5.41, 5.74) is 3.98. The fourth-order valence-corrected chi connectivity index (χ4v) is 4.69. The zero-order valence-corrected chi connectivity index (χ0v) is 19.6. The Morgan fingerprint density at radius 1 is 1.00 bits per heavy atom. The summed E-state index contributed by atoms with van der Waals surface area (Å²) in [5.74, 6) is -1.98. The number of nitrogens with one attached hydrogen (secondary N) is 2. The lowest BCUT2D eigenvalue weighted by Crippen LogP contribution is -2.50. The normalized spacial score (nSPS) is 19.7. The minimum atomic E-state index is -1.07. The predicted octanol–water partition coefficient (Wildman–Crippen LogP) is 4.09. The van der Waals surface area contributed by atoms with Gasteiger partial charge in [-0.2, -0.15) is 0 Å². The van der Waals surface area contributed by atoms with Crippen LogP contribution in [0.1, 0.15) is 44.2 Å². The lowest BCUT2D eigenvalue weighted by Gasteiger charge is -2.28. The van der Waals surface area contributed by atoms with Crippen molar-refractivity contribution in [1.29, 1.82) is 0 Å².